The molecular formula is C12H15N3O2. The molecule has 0 amide bonds. The van der Waals surface area contributed by atoms with E-state index in [1.54, 1.807) is 6.07 Å². The third-order valence-electron chi connectivity index (χ3n) is 3.12. The van der Waals surface area contributed by atoms with E-state index >= 15 is 0 Å². The number of nitrogens with zero attached hydrogens (tertiary/aromatic N) is 2. The summed E-state index contributed by atoms with van der Waals surface area (Å²) in [6.07, 6.45) is 4.42. The Morgan fingerprint density at radius 2 is 2.41 bits per heavy atom. The number of H-pyrrole nitrogens is 1. The average Bonchev–Trinajstić information content (AvgIpc) is 2.74. The average molecular weight is 233 g/mol. The van der Waals surface area contributed by atoms with Gasteiger partial charge in [-0.25, -0.2) is 9.50 Å². The van der Waals surface area contributed by atoms with Crippen LogP contribution in [0, 0.1) is 0 Å². The second-order valence-corrected chi connectivity index (χ2v) is 4.42. The molecule has 5 nitrogen and oxygen atoms in total. The summed E-state index contributed by atoms with van der Waals surface area (Å²) < 4.78 is 7.13. The molecule has 1 aliphatic rings. The third-order valence-corrected chi connectivity index (χ3v) is 3.12. The summed E-state index contributed by atoms with van der Waals surface area (Å²) in [4.78, 5) is 15.9. The molecular weight excluding hydrogens is 218 g/mol. The van der Waals surface area contributed by atoms with Gasteiger partial charge in [0.15, 0.2) is 5.65 Å². The molecule has 1 N–H and O–H groups in total. The zero-order valence-electron chi connectivity index (χ0n) is 9.56. The van der Waals surface area contributed by atoms with Gasteiger partial charge in [0, 0.05) is 19.1 Å². The summed E-state index contributed by atoms with van der Waals surface area (Å²) in [6.45, 7) is 0.838. The summed E-state index contributed by atoms with van der Waals surface area (Å²) in [6, 6.07) is 5.06. The van der Waals surface area contributed by atoms with Crippen LogP contribution >= 0.6 is 0 Å². The molecule has 1 fully saturated rings. The van der Waals surface area contributed by atoms with E-state index in [-0.39, 0.29) is 11.7 Å². The van der Waals surface area contributed by atoms with Crippen LogP contribution in [0.4, 0.5) is 0 Å². The topological polar surface area (TPSA) is 59.4 Å². The van der Waals surface area contributed by atoms with Gasteiger partial charge in [0.05, 0.1) is 6.10 Å². The van der Waals surface area contributed by atoms with Crippen molar-refractivity contribution < 1.29 is 4.74 Å². The van der Waals surface area contributed by atoms with Gasteiger partial charge in [0.25, 0.3) is 5.56 Å². The lowest BCUT2D eigenvalue weighted by Gasteiger charge is -2.21. The summed E-state index contributed by atoms with van der Waals surface area (Å²) in [5, 5.41) is 3.02. The molecule has 1 unspecified atom stereocenters. The highest BCUT2D eigenvalue weighted by atomic mass is 16.5. The van der Waals surface area contributed by atoms with Crippen molar-refractivity contribution in [2.24, 2.45) is 0 Å². The fraction of sp³-hybridized carbons (Fsp3) is 0.500. The van der Waals surface area contributed by atoms with Crippen LogP contribution in [0.2, 0.25) is 0 Å². The minimum atomic E-state index is -0.0780. The normalized spacial score (nSPS) is 20.8. The van der Waals surface area contributed by atoms with Crippen LogP contribution in [0.15, 0.2) is 23.0 Å². The second kappa shape index (κ2) is 4.33. The molecule has 0 aromatic carbocycles. The first-order chi connectivity index (χ1) is 8.33. The van der Waals surface area contributed by atoms with Gasteiger partial charge in [-0.1, -0.05) is 6.07 Å². The van der Waals surface area contributed by atoms with Crippen molar-refractivity contribution in [2.75, 3.05) is 6.61 Å². The van der Waals surface area contributed by atoms with Gasteiger partial charge in [-0.2, -0.15) is 0 Å². The lowest BCUT2D eigenvalue weighted by molar-refractivity contribution is 0.0157. The molecule has 0 radical (unpaired) electrons. The van der Waals surface area contributed by atoms with Crippen LogP contribution in [0.1, 0.15) is 25.1 Å². The van der Waals surface area contributed by atoms with E-state index in [0.717, 1.165) is 31.7 Å². The molecule has 0 saturated carbocycles. The third kappa shape index (κ3) is 2.10. The second-order valence-electron chi connectivity index (χ2n) is 4.42. The number of hydrogen-bond acceptors (Lipinski definition) is 3. The van der Waals surface area contributed by atoms with E-state index in [2.05, 4.69) is 10.1 Å². The molecule has 1 saturated heterocycles. The summed E-state index contributed by atoms with van der Waals surface area (Å²) in [5.41, 5.74) is 0.592. The predicted molar refractivity (Wildman–Crippen MR) is 63.1 cm³/mol. The van der Waals surface area contributed by atoms with Gasteiger partial charge in [-0.05, 0) is 25.3 Å². The van der Waals surface area contributed by atoms with Crippen LogP contribution in [0.3, 0.4) is 0 Å². The maximum absolute atomic E-state index is 11.5. The Bertz CT molecular complexity index is 566. The highest BCUT2D eigenvalue weighted by Crippen LogP contribution is 2.15. The Balaban J connectivity index is 1.85. The number of nitrogens with one attached hydrogen (secondary N) is 1. The smallest absolute Gasteiger partial charge is 0.271 e. The van der Waals surface area contributed by atoms with Crippen LogP contribution < -0.4 is 5.56 Å². The lowest BCUT2D eigenvalue weighted by Crippen LogP contribution is -2.22. The summed E-state index contributed by atoms with van der Waals surface area (Å²) in [5.74, 6) is 0.820. The minimum Gasteiger partial charge on any atom is -0.378 e. The van der Waals surface area contributed by atoms with Crippen molar-refractivity contribution in [1.29, 1.82) is 0 Å². The van der Waals surface area contributed by atoms with Crippen molar-refractivity contribution in [3.8, 4) is 0 Å². The molecule has 1 atom stereocenters. The quantitative estimate of drug-likeness (QED) is 0.846. The van der Waals surface area contributed by atoms with Gasteiger partial charge in [-0.15, -0.1) is 0 Å². The Kier molecular flexibility index (Phi) is 2.68. The summed E-state index contributed by atoms with van der Waals surface area (Å²) in [7, 11) is 0. The minimum absolute atomic E-state index is 0.0780. The largest absolute Gasteiger partial charge is 0.378 e. The monoisotopic (exact) mass is 233 g/mol. The van der Waals surface area contributed by atoms with Gasteiger partial charge >= 0.3 is 0 Å². The molecule has 90 valence electrons. The molecule has 3 heterocycles. The number of hydrogen-bond donors (Lipinski definition) is 1. The maximum atomic E-state index is 11.5. The number of pyridine rings is 1. The molecule has 17 heavy (non-hydrogen) atoms. The highest BCUT2D eigenvalue weighted by Gasteiger charge is 2.16. The Morgan fingerprint density at radius 3 is 3.18 bits per heavy atom. The lowest BCUT2D eigenvalue weighted by atomic mass is 10.1. The standard InChI is InChI=1S/C12H15N3O2/c16-12-6-3-5-11-13-10(14-15(11)12)8-9-4-1-2-7-17-9/h3,5-6,9H,1-2,4,7-8H2,(H,13,14). The van der Waals surface area contributed by atoms with Crippen LogP contribution in [0.25, 0.3) is 5.65 Å². The van der Waals surface area contributed by atoms with Crippen molar-refractivity contribution in [3.63, 3.8) is 0 Å². The molecule has 0 bridgehead atoms. The highest BCUT2D eigenvalue weighted by molar-refractivity contribution is 5.36. The van der Waals surface area contributed by atoms with Crippen LogP contribution in [-0.2, 0) is 11.2 Å². The molecule has 1 aliphatic heterocycles. The van der Waals surface area contributed by atoms with Crippen molar-refractivity contribution in [1.82, 2.24) is 14.6 Å². The number of fused-ring (bicyclic) bond motifs is 1. The number of rotatable bonds is 2. The summed E-state index contributed by atoms with van der Waals surface area (Å²) >= 11 is 0. The van der Waals surface area contributed by atoms with E-state index in [9.17, 15) is 4.79 Å². The SMILES string of the molecule is O=c1cccc2nc(CC3CCCCO3)[nH]n12. The fourth-order valence-corrected chi connectivity index (χ4v) is 2.25. The molecule has 3 rings (SSSR count). The molecule has 0 spiro atoms. The van der Waals surface area contributed by atoms with Crippen molar-refractivity contribution >= 4 is 5.65 Å². The first-order valence-electron chi connectivity index (χ1n) is 6.01. The maximum Gasteiger partial charge on any atom is 0.271 e. The van der Waals surface area contributed by atoms with E-state index < -0.39 is 0 Å². The first kappa shape index (κ1) is 10.5. The van der Waals surface area contributed by atoms with Crippen LogP contribution in [0.5, 0.6) is 0 Å². The van der Waals surface area contributed by atoms with Gasteiger partial charge < -0.3 is 4.74 Å². The Morgan fingerprint density at radius 1 is 1.47 bits per heavy atom. The van der Waals surface area contributed by atoms with E-state index in [1.165, 1.54) is 17.0 Å². The Labute approximate surface area is 98.4 Å². The fourth-order valence-electron chi connectivity index (χ4n) is 2.25. The first-order valence-corrected chi connectivity index (χ1v) is 6.01. The number of aromatic amines is 1. The van der Waals surface area contributed by atoms with E-state index in [4.69, 9.17) is 4.74 Å². The molecule has 2 aromatic rings. The molecule has 2 aromatic heterocycles. The van der Waals surface area contributed by atoms with Crippen molar-refractivity contribution in [3.05, 3.63) is 34.4 Å². The van der Waals surface area contributed by atoms with Gasteiger partial charge in [0.1, 0.15) is 5.82 Å². The van der Waals surface area contributed by atoms with Crippen LogP contribution in [-0.4, -0.2) is 27.3 Å². The predicted octanol–water partition coefficient (Wildman–Crippen LogP) is 1.13. The molecule has 5 heteroatoms. The van der Waals surface area contributed by atoms with Gasteiger partial charge in [-0.3, -0.25) is 9.89 Å². The van der Waals surface area contributed by atoms with E-state index in [0.29, 0.717) is 5.65 Å². The number of ether oxygens (including phenoxy) is 1. The Hall–Kier alpha value is -1.62. The molecule has 0 aliphatic carbocycles. The van der Waals surface area contributed by atoms with Crippen molar-refractivity contribution in [2.45, 2.75) is 31.8 Å². The zero-order valence-corrected chi connectivity index (χ0v) is 9.56. The van der Waals surface area contributed by atoms with E-state index in [1.807, 2.05) is 6.07 Å². The zero-order chi connectivity index (χ0) is 11.7. The number of aromatic nitrogens is 3. The van der Waals surface area contributed by atoms with Gasteiger partial charge in [0.2, 0.25) is 0 Å².